The van der Waals surface area contributed by atoms with Crippen LogP contribution in [-0.2, 0) is 10.0 Å². The fourth-order valence-electron chi connectivity index (χ4n) is 8.84. The Morgan fingerprint density at radius 3 is 0.810 bits per heavy atom. The molecule has 0 saturated heterocycles. The summed E-state index contributed by atoms with van der Waals surface area (Å²) in [5.41, 5.74) is -22.1. The highest BCUT2D eigenvalue weighted by molar-refractivity contribution is 7.92. The van der Waals surface area contributed by atoms with E-state index in [0.717, 1.165) is 12.1 Å². The van der Waals surface area contributed by atoms with Crippen LogP contribution < -0.4 is 4.31 Å². The molecular formula is C52H20F19N5O2S. The molecule has 79 heavy (non-hydrogen) atoms. The van der Waals surface area contributed by atoms with Crippen LogP contribution in [0.1, 0.15) is 28.3 Å². The zero-order valence-corrected chi connectivity index (χ0v) is 39.5. The molecule has 5 heterocycles. The monoisotopic (exact) mass is 1140 g/mol. The van der Waals surface area contributed by atoms with Crippen molar-refractivity contribution in [3.63, 3.8) is 0 Å². The van der Waals surface area contributed by atoms with Gasteiger partial charge in [0, 0.05) is 51.4 Å². The van der Waals surface area contributed by atoms with Crippen LogP contribution in [0.2, 0.25) is 0 Å². The van der Waals surface area contributed by atoms with Crippen LogP contribution in [0.3, 0.4) is 0 Å². The van der Waals surface area contributed by atoms with E-state index in [0.29, 0.717) is 61.2 Å². The fourth-order valence-corrected chi connectivity index (χ4v) is 10.0. The van der Waals surface area contributed by atoms with E-state index in [2.05, 4.69) is 19.9 Å². The second-order valence-corrected chi connectivity index (χ2v) is 19.1. The zero-order valence-electron chi connectivity index (χ0n) is 38.7. The molecule has 0 aliphatic carbocycles. The molecule has 10 rings (SSSR count). The Morgan fingerprint density at radius 2 is 0.557 bits per heavy atom. The molecule has 404 valence electrons. The predicted molar refractivity (Wildman–Crippen MR) is 247 cm³/mol. The summed E-state index contributed by atoms with van der Waals surface area (Å²) in [6.07, 6.45) is 2.42. The molecule has 0 spiro atoms. The van der Waals surface area contributed by atoms with Crippen molar-refractivity contribution in [3.05, 3.63) is 187 Å². The van der Waals surface area contributed by atoms with Crippen LogP contribution in [0, 0.1) is 117 Å². The molecule has 8 bridgehead atoms. The van der Waals surface area contributed by atoms with Crippen LogP contribution in [0.25, 0.3) is 90.9 Å². The Labute approximate surface area is 427 Å². The molecule has 0 unspecified atom stereocenters. The molecule has 2 N–H and O–H groups in total. The van der Waals surface area contributed by atoms with Crippen LogP contribution in [0.5, 0.6) is 0 Å². The molecular weight excluding hydrogens is 1120 g/mol. The molecule has 8 aromatic rings. The van der Waals surface area contributed by atoms with Crippen molar-refractivity contribution >= 4 is 62.1 Å². The number of nitrogens with one attached hydrogen (secondary N) is 2. The largest absolute Gasteiger partial charge is 0.354 e. The minimum Gasteiger partial charge on any atom is -0.354 e. The molecule has 0 atom stereocenters. The molecule has 0 amide bonds. The lowest BCUT2D eigenvalue weighted by atomic mass is 10.0. The van der Waals surface area contributed by atoms with Gasteiger partial charge in [-0.05, 0) is 67.6 Å². The van der Waals surface area contributed by atoms with E-state index in [1.807, 2.05) is 0 Å². The smallest absolute Gasteiger partial charge is 0.264 e. The van der Waals surface area contributed by atoms with Crippen molar-refractivity contribution in [2.24, 2.45) is 0 Å². The SMILES string of the molecule is Cc1ccc(S(=O)(=O)N(C)c2c(F)c(F)c(-c3c4nc(c(-c5c(F)c(F)c(F)c(F)c5F)c5ccc([nH]5)c(-c5c(F)c(F)c(F)c(F)c5F)c5nc(c(-c6c(F)c(F)c(F)c(F)c6F)c6ccc3[nH]6)C=C5)C=C4)c(F)c2F)cc1. The third-order valence-corrected chi connectivity index (χ3v) is 14.4. The number of fused-ring (bicyclic) bond motifs is 8. The first kappa shape index (κ1) is 53.5. The van der Waals surface area contributed by atoms with E-state index in [1.165, 1.54) is 19.1 Å². The van der Waals surface area contributed by atoms with Gasteiger partial charge in [0.25, 0.3) is 10.0 Å². The number of hydrogen-bond donors (Lipinski definition) is 2. The first-order chi connectivity index (χ1) is 37.2. The Morgan fingerprint density at radius 1 is 0.329 bits per heavy atom. The molecule has 0 radical (unpaired) electrons. The number of nitrogens with zero attached hydrogens (tertiary/aromatic N) is 3. The van der Waals surface area contributed by atoms with Gasteiger partial charge in [-0.25, -0.2) is 102 Å². The lowest BCUT2D eigenvalue weighted by molar-refractivity contribution is 0.381. The lowest BCUT2D eigenvalue weighted by Gasteiger charge is -2.22. The minimum absolute atomic E-state index is 0.176. The topological polar surface area (TPSA) is 94.7 Å². The van der Waals surface area contributed by atoms with Gasteiger partial charge in [-0.3, -0.25) is 4.31 Å². The quantitative estimate of drug-likeness (QED) is 0.0944. The number of sulfonamides is 1. The molecule has 2 aliphatic rings. The van der Waals surface area contributed by atoms with Gasteiger partial charge in [-0.2, -0.15) is 0 Å². The summed E-state index contributed by atoms with van der Waals surface area (Å²) in [4.78, 5) is 11.9. The normalized spacial score (nSPS) is 12.4. The maximum Gasteiger partial charge on any atom is 0.264 e. The standard InChI is InChI=1S/C52H20F19N5O2S/c1-15-3-5-16(6-4-15)79(77,78)76(2)52-50(70)39(59)32(40(60)51(52)71)28-23-13-11-21(74-23)26(30-35(55)43(63)48(68)44(64)36(30)56)19-9-7-17(72-19)25(29-33(53)41(61)47(67)42(62)34(29)54)18-8-10-20(73-18)27(22-12-14-24(28)75-22)31-37(57)45(65)49(69)46(66)38(31)58/h3-14,72,75H,1-2H3. The lowest BCUT2D eigenvalue weighted by Crippen LogP contribution is -2.29. The Hall–Kier alpha value is -8.88. The molecule has 0 saturated carbocycles. The molecule has 0 fully saturated rings. The summed E-state index contributed by atoms with van der Waals surface area (Å²) in [5.74, 6) is -49.5. The van der Waals surface area contributed by atoms with Crippen molar-refractivity contribution in [1.29, 1.82) is 0 Å². The highest BCUT2D eigenvalue weighted by Gasteiger charge is 2.37. The van der Waals surface area contributed by atoms with Gasteiger partial charge in [0.1, 0.15) is 5.69 Å². The first-order valence-electron chi connectivity index (χ1n) is 21.8. The van der Waals surface area contributed by atoms with Gasteiger partial charge in [-0.1, -0.05) is 17.7 Å². The van der Waals surface area contributed by atoms with Crippen molar-refractivity contribution in [2.45, 2.75) is 11.8 Å². The molecule has 27 heteroatoms. The van der Waals surface area contributed by atoms with E-state index >= 15 is 70.2 Å². The second kappa shape index (κ2) is 18.9. The molecule has 5 aromatic carbocycles. The summed E-state index contributed by atoms with van der Waals surface area (Å²) in [6.45, 7) is 1.54. The second-order valence-electron chi connectivity index (χ2n) is 17.1. The zero-order chi connectivity index (χ0) is 57.3. The highest BCUT2D eigenvalue weighted by Crippen LogP contribution is 2.46. The number of aromatic nitrogens is 4. The number of anilines is 1. The molecule has 2 aliphatic heterocycles. The van der Waals surface area contributed by atoms with Gasteiger partial charge >= 0.3 is 0 Å². The minimum atomic E-state index is -5.08. The first-order valence-corrected chi connectivity index (χ1v) is 23.3. The van der Waals surface area contributed by atoms with Crippen molar-refractivity contribution < 1.29 is 91.8 Å². The Balaban J connectivity index is 1.43. The van der Waals surface area contributed by atoms with E-state index < -0.39 is 220 Å². The van der Waals surface area contributed by atoms with Crippen molar-refractivity contribution in [2.75, 3.05) is 11.4 Å². The number of benzene rings is 5. The highest BCUT2D eigenvalue weighted by atomic mass is 32.2. The summed E-state index contributed by atoms with van der Waals surface area (Å²) in [6, 6.07) is 7.01. The third kappa shape index (κ3) is 8.01. The summed E-state index contributed by atoms with van der Waals surface area (Å²) in [7, 11) is -4.57. The average Bonchev–Trinajstić information content (AvgIpc) is 4.48. The maximum atomic E-state index is 17.0. The van der Waals surface area contributed by atoms with Crippen LogP contribution in [-0.4, -0.2) is 35.4 Å². The number of H-pyrrole nitrogens is 2. The van der Waals surface area contributed by atoms with E-state index in [-0.39, 0.29) is 4.31 Å². The summed E-state index contributed by atoms with van der Waals surface area (Å²) >= 11 is 0. The Kier molecular flexibility index (Phi) is 12.8. The summed E-state index contributed by atoms with van der Waals surface area (Å²) < 4.78 is 325. The Bertz CT molecular complexity index is 4240. The fraction of sp³-hybridized carbons (Fsp3) is 0.0385. The van der Waals surface area contributed by atoms with E-state index in [1.54, 1.807) is 0 Å². The van der Waals surface area contributed by atoms with Crippen LogP contribution in [0.15, 0.2) is 53.4 Å². The van der Waals surface area contributed by atoms with E-state index in [9.17, 15) is 21.6 Å². The average molecular weight is 1140 g/mol. The van der Waals surface area contributed by atoms with Crippen LogP contribution in [0.4, 0.5) is 89.1 Å². The van der Waals surface area contributed by atoms with Gasteiger partial charge in [0.2, 0.25) is 17.5 Å². The third-order valence-electron chi connectivity index (χ3n) is 12.6. The van der Waals surface area contributed by atoms with Gasteiger partial charge in [0.15, 0.2) is 93.1 Å². The van der Waals surface area contributed by atoms with Crippen molar-refractivity contribution in [3.8, 4) is 44.5 Å². The number of hydrogen-bond acceptors (Lipinski definition) is 4. The summed E-state index contributed by atoms with van der Waals surface area (Å²) in [5, 5.41) is 0. The van der Waals surface area contributed by atoms with Gasteiger partial charge < -0.3 is 9.97 Å². The number of rotatable bonds is 7. The van der Waals surface area contributed by atoms with Gasteiger partial charge in [0.05, 0.1) is 49.9 Å². The number of aromatic amines is 2. The number of halogens is 19. The predicted octanol–water partition coefficient (Wildman–Crippen LogP) is 15.1. The molecule has 7 nitrogen and oxygen atoms in total. The molecule has 3 aromatic heterocycles. The maximum absolute atomic E-state index is 17.0. The van der Waals surface area contributed by atoms with Gasteiger partial charge in [-0.15, -0.1) is 0 Å². The van der Waals surface area contributed by atoms with Crippen LogP contribution >= 0.6 is 0 Å². The van der Waals surface area contributed by atoms with E-state index in [4.69, 9.17) is 0 Å². The number of aryl methyl sites for hydroxylation is 1. The van der Waals surface area contributed by atoms with Crippen molar-refractivity contribution in [1.82, 2.24) is 19.9 Å².